The zero-order valence-electron chi connectivity index (χ0n) is 15.8. The largest absolute Gasteiger partial charge is 0.469 e. The summed E-state index contributed by atoms with van der Waals surface area (Å²) in [6, 6.07) is 9.92. The van der Waals surface area contributed by atoms with Gasteiger partial charge in [0.1, 0.15) is 17.9 Å². The lowest BCUT2D eigenvalue weighted by Crippen LogP contribution is -2.40. The Morgan fingerprint density at radius 2 is 2.10 bits per heavy atom. The van der Waals surface area contributed by atoms with E-state index in [1.54, 1.807) is 36.4 Å². The van der Waals surface area contributed by atoms with Gasteiger partial charge in [0.25, 0.3) is 0 Å². The molecule has 0 saturated carbocycles. The van der Waals surface area contributed by atoms with E-state index in [0.717, 1.165) is 0 Å². The van der Waals surface area contributed by atoms with Crippen LogP contribution < -0.4 is 10.5 Å². The van der Waals surface area contributed by atoms with Gasteiger partial charge in [0.2, 0.25) is 11.7 Å². The van der Waals surface area contributed by atoms with Crippen LogP contribution in [-0.4, -0.2) is 57.0 Å². The molecule has 31 heavy (non-hydrogen) atoms. The minimum absolute atomic E-state index is 0.0347. The normalized spacial score (nSPS) is 19.1. The monoisotopic (exact) mass is 466 g/mol. The number of ether oxygens (including phenoxy) is 2. The first-order valence-electron chi connectivity index (χ1n) is 9.15. The van der Waals surface area contributed by atoms with Crippen LogP contribution in [0, 0.1) is 0 Å². The Hall–Kier alpha value is -3.08. The molecule has 0 spiro atoms. The van der Waals surface area contributed by atoms with Crippen LogP contribution in [0.3, 0.4) is 0 Å². The Bertz CT molecular complexity index is 1150. The third kappa shape index (κ3) is 4.82. The number of pyridine rings is 1. The summed E-state index contributed by atoms with van der Waals surface area (Å²) in [4.78, 5) is 30.8. The second-order valence-corrected chi connectivity index (χ2v) is 7.47. The molecule has 3 aromatic rings. The Kier molecular flexibility index (Phi) is 6.12. The highest BCUT2D eigenvalue weighted by atomic mass is 35.5. The van der Waals surface area contributed by atoms with Crippen molar-refractivity contribution in [2.75, 3.05) is 19.7 Å². The van der Waals surface area contributed by atoms with Gasteiger partial charge in [0.15, 0.2) is 0 Å². The standard InChI is InChI=1S/C19H16Cl2N4O6/c20-11-5-4-10(8-12(11)21)16-14(9-25(19(27)28)6-7-29-16)30-15-3-1-2-13(22-15)17-23-18(26)31-24-17/h1-5,8,14,16H,6-7,9H2,(H,27,28)(H,23,24,26). The van der Waals surface area contributed by atoms with Gasteiger partial charge in [-0.1, -0.05) is 40.5 Å². The summed E-state index contributed by atoms with van der Waals surface area (Å²) >= 11 is 12.2. The number of halogens is 2. The number of carbonyl (C=O) groups is 1. The molecule has 2 unspecified atom stereocenters. The highest BCUT2D eigenvalue weighted by Crippen LogP contribution is 2.32. The lowest BCUT2D eigenvalue weighted by Gasteiger charge is -2.27. The Balaban J connectivity index is 1.66. The maximum atomic E-state index is 11.6. The molecule has 162 valence electrons. The molecular weight excluding hydrogens is 451 g/mol. The number of H-pyrrole nitrogens is 1. The second-order valence-electron chi connectivity index (χ2n) is 6.65. The minimum Gasteiger partial charge on any atom is -0.469 e. The number of carboxylic acid groups (broad SMARTS) is 1. The minimum atomic E-state index is -1.09. The Labute approximate surface area is 185 Å². The molecule has 2 atom stereocenters. The number of aromatic amines is 1. The summed E-state index contributed by atoms with van der Waals surface area (Å²) in [6.07, 6.45) is -2.46. The molecule has 4 rings (SSSR count). The average molecular weight is 467 g/mol. The lowest BCUT2D eigenvalue weighted by atomic mass is 10.0. The molecule has 1 saturated heterocycles. The predicted molar refractivity (Wildman–Crippen MR) is 110 cm³/mol. The third-order valence-electron chi connectivity index (χ3n) is 4.62. The molecule has 12 heteroatoms. The van der Waals surface area contributed by atoms with Gasteiger partial charge < -0.3 is 19.5 Å². The van der Waals surface area contributed by atoms with Crippen LogP contribution in [0.5, 0.6) is 5.88 Å². The van der Waals surface area contributed by atoms with Gasteiger partial charge in [-0.05, 0) is 23.8 Å². The van der Waals surface area contributed by atoms with E-state index in [1.165, 1.54) is 4.90 Å². The number of amides is 1. The van der Waals surface area contributed by atoms with Crippen LogP contribution >= 0.6 is 23.2 Å². The smallest absolute Gasteiger partial charge is 0.439 e. The molecule has 3 heterocycles. The van der Waals surface area contributed by atoms with Crippen LogP contribution in [0.2, 0.25) is 10.0 Å². The molecule has 1 aliphatic rings. The first kappa shape index (κ1) is 21.2. The van der Waals surface area contributed by atoms with Crippen LogP contribution in [0.4, 0.5) is 4.79 Å². The van der Waals surface area contributed by atoms with Crippen LogP contribution in [0.1, 0.15) is 11.7 Å². The molecule has 0 bridgehead atoms. The molecule has 0 aliphatic carbocycles. The molecule has 1 amide bonds. The number of aromatic nitrogens is 3. The molecular formula is C19H16Cl2N4O6. The topological polar surface area (TPSA) is 131 Å². The Morgan fingerprint density at radius 1 is 1.26 bits per heavy atom. The number of benzene rings is 1. The number of nitrogens with zero attached hydrogens (tertiary/aromatic N) is 3. The van der Waals surface area contributed by atoms with E-state index in [2.05, 4.69) is 19.6 Å². The molecule has 1 fully saturated rings. The van der Waals surface area contributed by atoms with E-state index in [-0.39, 0.29) is 31.4 Å². The summed E-state index contributed by atoms with van der Waals surface area (Å²) in [5.41, 5.74) is 1.00. The van der Waals surface area contributed by atoms with Crippen molar-refractivity contribution in [2.45, 2.75) is 12.2 Å². The van der Waals surface area contributed by atoms with Gasteiger partial charge >= 0.3 is 11.8 Å². The van der Waals surface area contributed by atoms with Gasteiger partial charge in [-0.3, -0.25) is 9.51 Å². The van der Waals surface area contributed by atoms with Crippen molar-refractivity contribution in [1.29, 1.82) is 0 Å². The van der Waals surface area contributed by atoms with Crippen molar-refractivity contribution in [3.8, 4) is 17.4 Å². The maximum absolute atomic E-state index is 11.6. The fraction of sp³-hybridized carbons (Fsp3) is 0.263. The van der Waals surface area contributed by atoms with E-state index in [4.69, 9.17) is 32.7 Å². The van der Waals surface area contributed by atoms with Crippen molar-refractivity contribution in [3.05, 3.63) is 62.6 Å². The van der Waals surface area contributed by atoms with Gasteiger partial charge in [0, 0.05) is 12.6 Å². The molecule has 2 aromatic heterocycles. The van der Waals surface area contributed by atoms with Gasteiger partial charge in [-0.25, -0.2) is 14.6 Å². The van der Waals surface area contributed by atoms with Crippen molar-refractivity contribution >= 4 is 29.3 Å². The van der Waals surface area contributed by atoms with Crippen molar-refractivity contribution in [3.63, 3.8) is 0 Å². The average Bonchev–Trinajstić information content (AvgIpc) is 3.07. The molecule has 2 N–H and O–H groups in total. The highest BCUT2D eigenvalue weighted by Gasteiger charge is 2.33. The second kappa shape index (κ2) is 8.96. The van der Waals surface area contributed by atoms with Gasteiger partial charge in [-0.15, -0.1) is 0 Å². The number of hydrogen-bond acceptors (Lipinski definition) is 7. The molecule has 1 aliphatic heterocycles. The SMILES string of the molecule is O=C(O)N1CCOC(c2ccc(Cl)c(Cl)c2)C(Oc2cccc(-c3noc(=O)[nH]3)n2)C1. The van der Waals surface area contributed by atoms with Crippen molar-refractivity contribution in [2.24, 2.45) is 0 Å². The van der Waals surface area contributed by atoms with Crippen LogP contribution in [0.15, 0.2) is 45.7 Å². The lowest BCUT2D eigenvalue weighted by molar-refractivity contribution is -0.0108. The van der Waals surface area contributed by atoms with Crippen LogP contribution in [-0.2, 0) is 4.74 Å². The van der Waals surface area contributed by atoms with Gasteiger partial charge in [0.05, 0.1) is 23.2 Å². The van der Waals surface area contributed by atoms with E-state index in [0.29, 0.717) is 21.3 Å². The van der Waals surface area contributed by atoms with Crippen LogP contribution in [0.25, 0.3) is 11.5 Å². The fourth-order valence-electron chi connectivity index (χ4n) is 3.18. The first-order valence-corrected chi connectivity index (χ1v) is 9.91. The van der Waals surface area contributed by atoms with Gasteiger partial charge in [-0.2, -0.15) is 0 Å². The first-order chi connectivity index (χ1) is 14.9. The number of nitrogens with one attached hydrogen (secondary N) is 1. The number of rotatable bonds is 4. The Morgan fingerprint density at radius 3 is 2.81 bits per heavy atom. The summed E-state index contributed by atoms with van der Waals surface area (Å²) < 4.78 is 16.5. The van der Waals surface area contributed by atoms with E-state index < -0.39 is 24.1 Å². The summed E-state index contributed by atoms with van der Waals surface area (Å²) in [5.74, 6) is -0.384. The van der Waals surface area contributed by atoms with Crippen molar-refractivity contribution in [1.82, 2.24) is 20.0 Å². The van der Waals surface area contributed by atoms with E-state index in [9.17, 15) is 14.7 Å². The molecule has 0 radical (unpaired) electrons. The number of hydrogen-bond donors (Lipinski definition) is 2. The van der Waals surface area contributed by atoms with E-state index in [1.807, 2.05) is 0 Å². The summed E-state index contributed by atoms with van der Waals surface area (Å²) in [5, 5.41) is 13.8. The van der Waals surface area contributed by atoms with Crippen molar-refractivity contribution < 1.29 is 23.9 Å². The highest BCUT2D eigenvalue weighted by molar-refractivity contribution is 6.42. The summed E-state index contributed by atoms with van der Waals surface area (Å²) in [7, 11) is 0. The fourth-order valence-corrected chi connectivity index (χ4v) is 3.49. The summed E-state index contributed by atoms with van der Waals surface area (Å²) in [6.45, 7) is 0.387. The molecule has 10 nitrogen and oxygen atoms in total. The quantitative estimate of drug-likeness (QED) is 0.598. The molecule has 1 aromatic carbocycles. The predicted octanol–water partition coefficient (Wildman–Crippen LogP) is 3.23. The van der Waals surface area contributed by atoms with E-state index >= 15 is 0 Å². The third-order valence-corrected chi connectivity index (χ3v) is 5.36. The zero-order chi connectivity index (χ0) is 22.0. The zero-order valence-corrected chi connectivity index (χ0v) is 17.3. The maximum Gasteiger partial charge on any atom is 0.439 e.